The summed E-state index contributed by atoms with van der Waals surface area (Å²) in [4.78, 5) is 23.9. The van der Waals surface area contributed by atoms with Gasteiger partial charge >= 0.3 is 5.97 Å². The van der Waals surface area contributed by atoms with Crippen molar-refractivity contribution in [3.63, 3.8) is 0 Å². The second-order valence-corrected chi connectivity index (χ2v) is 9.79. The Balaban J connectivity index is 1.68. The van der Waals surface area contributed by atoms with Gasteiger partial charge in [-0.2, -0.15) is 0 Å². The monoisotopic (exact) mass is 504 g/mol. The number of hydrogen-bond acceptors (Lipinski definition) is 4. The molecule has 5 rings (SSSR count). The predicted molar refractivity (Wildman–Crippen MR) is 149 cm³/mol. The number of rotatable bonds is 6. The van der Waals surface area contributed by atoms with Crippen LogP contribution in [-0.2, 0) is 5.41 Å². The molecule has 38 heavy (non-hydrogen) atoms. The van der Waals surface area contributed by atoms with E-state index >= 15 is 0 Å². The van der Waals surface area contributed by atoms with E-state index in [-0.39, 0.29) is 23.0 Å². The summed E-state index contributed by atoms with van der Waals surface area (Å²) >= 11 is 0. The Morgan fingerprint density at radius 3 is 2.26 bits per heavy atom. The van der Waals surface area contributed by atoms with Crippen LogP contribution in [0, 0.1) is 5.41 Å². The largest absolute Gasteiger partial charge is 0.478 e. The van der Waals surface area contributed by atoms with E-state index in [1.54, 1.807) is 12.1 Å². The maximum absolute atomic E-state index is 12.2. The Labute approximate surface area is 220 Å². The molecule has 0 aromatic heterocycles. The van der Waals surface area contributed by atoms with Crippen LogP contribution in [-0.4, -0.2) is 22.8 Å². The molecule has 190 valence electrons. The van der Waals surface area contributed by atoms with Crippen LogP contribution >= 0.6 is 0 Å². The number of carboxylic acid groups (broad SMARTS) is 1. The van der Waals surface area contributed by atoms with E-state index in [9.17, 15) is 14.7 Å². The molecule has 1 aliphatic rings. The molecule has 0 spiro atoms. The zero-order chi connectivity index (χ0) is 27.0. The lowest BCUT2D eigenvalue weighted by Gasteiger charge is -2.42. The van der Waals surface area contributed by atoms with Crippen molar-refractivity contribution in [2.24, 2.45) is 11.5 Å². The Kier molecular flexibility index (Phi) is 6.20. The fourth-order valence-electron chi connectivity index (χ4n) is 5.47. The molecule has 2 atom stereocenters. The van der Waals surface area contributed by atoms with Crippen molar-refractivity contribution in [2.75, 3.05) is 5.32 Å². The number of nitrogen functional groups attached to an aromatic ring is 1. The lowest BCUT2D eigenvalue weighted by Crippen LogP contribution is -2.35. The fourth-order valence-corrected chi connectivity index (χ4v) is 5.47. The first-order valence-electron chi connectivity index (χ1n) is 12.3. The van der Waals surface area contributed by atoms with Crippen LogP contribution in [0.3, 0.4) is 0 Å². The van der Waals surface area contributed by atoms with E-state index in [1.165, 1.54) is 6.07 Å². The van der Waals surface area contributed by atoms with Gasteiger partial charge in [-0.05, 0) is 64.6 Å². The molecule has 0 saturated heterocycles. The maximum atomic E-state index is 12.2. The number of amidine groups is 1. The number of carboxylic acids is 1. The average Bonchev–Trinajstić information content (AvgIpc) is 2.92. The fraction of sp³-hybridized carbons (Fsp3) is 0.129. The zero-order valence-electron chi connectivity index (χ0n) is 20.9. The highest BCUT2D eigenvalue weighted by Gasteiger charge is 2.39. The van der Waals surface area contributed by atoms with Gasteiger partial charge in [0.15, 0.2) is 0 Å². The quantitative estimate of drug-likeness (QED) is 0.179. The third-order valence-electron chi connectivity index (χ3n) is 7.44. The van der Waals surface area contributed by atoms with E-state index < -0.39 is 17.3 Å². The van der Waals surface area contributed by atoms with E-state index in [1.807, 2.05) is 60.7 Å². The molecular formula is C31H28N4O3. The number of carbonyl (C=O) groups excluding carboxylic acids is 1. The first-order valence-corrected chi connectivity index (χ1v) is 12.3. The van der Waals surface area contributed by atoms with E-state index in [0.29, 0.717) is 17.5 Å². The number of hydrogen-bond donors (Lipinski definition) is 5. The van der Waals surface area contributed by atoms with E-state index in [2.05, 4.69) is 24.4 Å². The van der Waals surface area contributed by atoms with E-state index in [4.69, 9.17) is 16.9 Å². The molecular weight excluding hydrogens is 476 g/mol. The van der Waals surface area contributed by atoms with Crippen molar-refractivity contribution in [1.82, 2.24) is 0 Å². The SMILES string of the molecule is CC1(c2ccccc2)CC(c2ccccc2-c2ccc(C(N)=O)cc2C(=O)O)Nc2ccc(C(=N)N)cc21. The van der Waals surface area contributed by atoms with Gasteiger partial charge in [0.05, 0.1) is 11.6 Å². The number of nitrogens with two attached hydrogens (primary N) is 2. The highest BCUT2D eigenvalue weighted by molar-refractivity contribution is 6.01. The van der Waals surface area contributed by atoms with Gasteiger partial charge in [-0.15, -0.1) is 0 Å². The standard InChI is InChI=1S/C31H28N4O3/c1-31(20-7-3-2-4-8-20)17-27(35-26-14-12-18(28(32)33)16-25(26)31)23-10-6-5-9-21(23)22-13-11-19(29(34)36)15-24(22)30(37)38/h2-16,27,35H,17H2,1H3,(H3,32,33)(H2,34,36)(H,37,38). The first-order chi connectivity index (χ1) is 18.2. The number of carbonyl (C=O) groups is 2. The number of fused-ring (bicyclic) bond motifs is 1. The van der Waals surface area contributed by atoms with Crippen LogP contribution in [0.1, 0.15) is 62.4 Å². The summed E-state index contributed by atoms with van der Waals surface area (Å²) < 4.78 is 0. The molecule has 1 amide bonds. The number of aromatic carboxylic acids is 1. The Bertz CT molecular complexity index is 1580. The molecule has 0 aliphatic carbocycles. The van der Waals surface area contributed by atoms with Crippen LogP contribution in [0.5, 0.6) is 0 Å². The highest BCUT2D eigenvalue weighted by atomic mass is 16.4. The topological polar surface area (TPSA) is 142 Å². The van der Waals surface area contributed by atoms with E-state index in [0.717, 1.165) is 27.9 Å². The van der Waals surface area contributed by atoms with Gasteiger partial charge in [-0.1, -0.05) is 67.6 Å². The summed E-state index contributed by atoms with van der Waals surface area (Å²) in [5.41, 5.74) is 17.0. The highest BCUT2D eigenvalue weighted by Crippen LogP contribution is 2.49. The normalized spacial score (nSPS) is 18.2. The Morgan fingerprint density at radius 2 is 1.58 bits per heavy atom. The molecule has 0 fully saturated rings. The minimum absolute atomic E-state index is 0.0105. The third-order valence-corrected chi connectivity index (χ3v) is 7.44. The van der Waals surface area contributed by atoms with Crippen molar-refractivity contribution in [1.29, 1.82) is 5.41 Å². The van der Waals surface area contributed by atoms with Crippen molar-refractivity contribution in [3.8, 4) is 11.1 Å². The molecule has 7 heteroatoms. The molecule has 4 aromatic carbocycles. The molecule has 7 nitrogen and oxygen atoms in total. The zero-order valence-corrected chi connectivity index (χ0v) is 20.9. The third kappa shape index (κ3) is 4.28. The second kappa shape index (κ2) is 9.52. The Morgan fingerprint density at radius 1 is 0.895 bits per heavy atom. The molecule has 0 bridgehead atoms. The minimum Gasteiger partial charge on any atom is -0.478 e. The van der Waals surface area contributed by atoms with Gasteiger partial charge in [-0.3, -0.25) is 10.2 Å². The first kappa shape index (κ1) is 24.8. The second-order valence-electron chi connectivity index (χ2n) is 9.79. The minimum atomic E-state index is -1.13. The number of amides is 1. The van der Waals surface area contributed by atoms with Crippen molar-refractivity contribution < 1.29 is 14.7 Å². The average molecular weight is 505 g/mol. The van der Waals surface area contributed by atoms with Crippen molar-refractivity contribution in [3.05, 3.63) is 124 Å². The van der Waals surface area contributed by atoms with Crippen LogP contribution in [0.2, 0.25) is 0 Å². The van der Waals surface area contributed by atoms with Crippen molar-refractivity contribution >= 4 is 23.4 Å². The lowest BCUT2D eigenvalue weighted by molar-refractivity contribution is 0.0697. The number of anilines is 1. The molecule has 2 unspecified atom stereocenters. The Hall–Kier alpha value is -4.91. The van der Waals surface area contributed by atoms with Gasteiger partial charge in [0.1, 0.15) is 5.84 Å². The van der Waals surface area contributed by atoms with Crippen molar-refractivity contribution in [2.45, 2.75) is 24.8 Å². The predicted octanol–water partition coefficient (Wildman–Crippen LogP) is 5.30. The van der Waals surface area contributed by atoms with Crippen LogP contribution in [0.4, 0.5) is 5.69 Å². The summed E-state index contributed by atoms with van der Waals surface area (Å²) in [5, 5.41) is 21.6. The van der Waals surface area contributed by atoms with Crippen LogP contribution in [0.25, 0.3) is 11.1 Å². The smallest absolute Gasteiger partial charge is 0.336 e. The summed E-state index contributed by atoms with van der Waals surface area (Å²) in [7, 11) is 0. The van der Waals surface area contributed by atoms with Crippen LogP contribution < -0.4 is 16.8 Å². The van der Waals surface area contributed by atoms with Crippen LogP contribution in [0.15, 0.2) is 91.0 Å². The van der Waals surface area contributed by atoms with Gasteiger partial charge in [0.2, 0.25) is 5.91 Å². The summed E-state index contributed by atoms with van der Waals surface area (Å²) in [6.45, 7) is 2.19. The molecule has 0 radical (unpaired) electrons. The summed E-state index contributed by atoms with van der Waals surface area (Å²) in [6.07, 6.45) is 0.671. The number of benzene rings is 4. The maximum Gasteiger partial charge on any atom is 0.336 e. The molecule has 1 heterocycles. The molecule has 7 N–H and O–H groups in total. The lowest BCUT2D eigenvalue weighted by atomic mass is 9.67. The molecule has 4 aromatic rings. The number of primary amides is 1. The van der Waals surface area contributed by atoms with Gasteiger partial charge in [0, 0.05) is 22.2 Å². The number of nitrogens with one attached hydrogen (secondary N) is 2. The van der Waals surface area contributed by atoms with Gasteiger partial charge in [-0.25, -0.2) is 4.79 Å². The van der Waals surface area contributed by atoms with Gasteiger partial charge < -0.3 is 21.9 Å². The molecule has 0 saturated carbocycles. The summed E-state index contributed by atoms with van der Waals surface area (Å²) in [5.74, 6) is -1.80. The van der Waals surface area contributed by atoms with Gasteiger partial charge in [0.25, 0.3) is 0 Å². The summed E-state index contributed by atoms with van der Waals surface area (Å²) in [6, 6.07) is 28.1. The molecule has 1 aliphatic heterocycles.